The molecule has 30 heavy (non-hydrogen) atoms. The molecule has 1 saturated carbocycles. The lowest BCUT2D eigenvalue weighted by molar-refractivity contribution is 0.0982. The molecular formula is C22H27N5O2S. The summed E-state index contributed by atoms with van der Waals surface area (Å²) < 4.78 is 5.63. The van der Waals surface area contributed by atoms with Crippen LogP contribution < -0.4 is 15.5 Å². The molecule has 0 spiro atoms. The number of morpholine rings is 1. The Labute approximate surface area is 181 Å². The molecule has 1 atom stereocenters. The number of ether oxygens (including phenoxy) is 1. The Hall–Kier alpha value is -2.32. The third-order valence-electron chi connectivity index (χ3n) is 5.68. The van der Waals surface area contributed by atoms with Crippen LogP contribution >= 0.6 is 11.8 Å². The number of carbonyl (C=O) groups is 1. The van der Waals surface area contributed by atoms with Crippen molar-refractivity contribution in [2.24, 2.45) is 0 Å². The number of hydrogen-bond donors (Lipinski definition) is 2. The highest BCUT2D eigenvalue weighted by Crippen LogP contribution is 2.38. The van der Waals surface area contributed by atoms with Crippen LogP contribution in [0, 0.1) is 0 Å². The molecule has 1 aromatic carbocycles. The van der Waals surface area contributed by atoms with Crippen molar-refractivity contribution in [3.63, 3.8) is 0 Å². The van der Waals surface area contributed by atoms with Gasteiger partial charge < -0.3 is 20.3 Å². The molecule has 0 unspecified atom stereocenters. The zero-order chi connectivity index (χ0) is 20.5. The quantitative estimate of drug-likeness (QED) is 0.778. The number of amides is 2. The monoisotopic (exact) mass is 425 g/mol. The fourth-order valence-corrected chi connectivity index (χ4v) is 4.96. The molecule has 2 aromatic rings. The van der Waals surface area contributed by atoms with Gasteiger partial charge in [0.1, 0.15) is 5.82 Å². The van der Waals surface area contributed by atoms with Gasteiger partial charge in [0, 0.05) is 23.8 Å². The summed E-state index contributed by atoms with van der Waals surface area (Å²) in [4.78, 5) is 25.5. The zero-order valence-electron chi connectivity index (χ0n) is 17.2. The van der Waals surface area contributed by atoms with Crippen molar-refractivity contribution in [1.82, 2.24) is 15.3 Å². The van der Waals surface area contributed by atoms with Gasteiger partial charge in [0.2, 0.25) is 0 Å². The van der Waals surface area contributed by atoms with Crippen LogP contribution in [0.4, 0.5) is 16.3 Å². The first kappa shape index (κ1) is 19.6. The van der Waals surface area contributed by atoms with Crippen molar-refractivity contribution < 1.29 is 9.53 Å². The summed E-state index contributed by atoms with van der Waals surface area (Å²) in [5, 5.41) is 5.83. The Balaban J connectivity index is 1.42. The minimum atomic E-state index is -0.143. The highest BCUT2D eigenvalue weighted by Gasteiger charge is 2.27. The molecule has 2 aliphatic heterocycles. The second-order valence-electron chi connectivity index (χ2n) is 8.17. The summed E-state index contributed by atoms with van der Waals surface area (Å²) in [7, 11) is 0. The molecule has 158 valence electrons. The van der Waals surface area contributed by atoms with Gasteiger partial charge in [0.05, 0.1) is 29.8 Å². The second kappa shape index (κ2) is 8.43. The minimum absolute atomic E-state index is 0.143. The summed E-state index contributed by atoms with van der Waals surface area (Å²) in [6.07, 6.45) is 4.28. The first-order valence-corrected chi connectivity index (χ1v) is 11.7. The largest absolute Gasteiger partial charge is 0.377 e. The third kappa shape index (κ3) is 4.25. The lowest BCUT2D eigenvalue weighted by atomic mass is 10.1. The predicted octanol–water partition coefficient (Wildman–Crippen LogP) is 3.69. The third-order valence-corrected chi connectivity index (χ3v) is 6.88. The predicted molar refractivity (Wildman–Crippen MR) is 119 cm³/mol. The smallest absolute Gasteiger partial charge is 0.319 e. The van der Waals surface area contributed by atoms with Gasteiger partial charge in [-0.05, 0) is 62.6 Å². The molecule has 2 N–H and O–H groups in total. The summed E-state index contributed by atoms with van der Waals surface area (Å²) in [6.45, 7) is 4.49. The maximum Gasteiger partial charge on any atom is 0.319 e. The molecule has 3 heterocycles. The Morgan fingerprint density at radius 2 is 2.07 bits per heavy atom. The van der Waals surface area contributed by atoms with Crippen molar-refractivity contribution in [2.75, 3.05) is 35.7 Å². The van der Waals surface area contributed by atoms with Crippen LogP contribution in [-0.4, -0.2) is 53.6 Å². The standard InChI is InChI=1S/C22H27N5O2S/c1-14-13-29-11-10-27(14)21-19-18(3-2-12-30-19)25-20(26-21)15-4-6-16(7-5-15)23-22(28)24-17-8-9-17/h4-7,14,17H,2-3,8-13H2,1H3,(H2,23,24,28)/t14-/m0/s1. The van der Waals surface area contributed by atoms with Crippen molar-refractivity contribution in [3.8, 4) is 11.4 Å². The van der Waals surface area contributed by atoms with Crippen LogP contribution in [0.15, 0.2) is 29.2 Å². The molecule has 8 heteroatoms. The van der Waals surface area contributed by atoms with Crippen molar-refractivity contribution in [2.45, 2.75) is 49.6 Å². The number of urea groups is 1. The number of hydrogen-bond acceptors (Lipinski definition) is 6. The topological polar surface area (TPSA) is 79.4 Å². The Morgan fingerprint density at radius 1 is 1.23 bits per heavy atom. The van der Waals surface area contributed by atoms with E-state index in [1.807, 2.05) is 36.0 Å². The van der Waals surface area contributed by atoms with E-state index >= 15 is 0 Å². The number of aromatic nitrogens is 2. The maximum atomic E-state index is 12.0. The molecule has 2 fully saturated rings. The number of aryl methyl sites for hydroxylation is 1. The zero-order valence-corrected chi connectivity index (χ0v) is 18.0. The number of fused-ring (bicyclic) bond motifs is 1. The number of benzene rings is 1. The van der Waals surface area contributed by atoms with E-state index in [4.69, 9.17) is 14.7 Å². The molecular weight excluding hydrogens is 398 g/mol. The Bertz CT molecular complexity index is 932. The average Bonchev–Trinajstić information content (AvgIpc) is 3.58. The minimum Gasteiger partial charge on any atom is -0.377 e. The van der Waals surface area contributed by atoms with Crippen LogP contribution in [0.1, 0.15) is 31.9 Å². The van der Waals surface area contributed by atoms with E-state index in [9.17, 15) is 4.79 Å². The molecule has 0 radical (unpaired) electrons. The van der Waals surface area contributed by atoms with Crippen LogP contribution in [0.2, 0.25) is 0 Å². The number of nitrogens with one attached hydrogen (secondary N) is 2. The SMILES string of the molecule is C[C@H]1COCCN1c1nc(-c2ccc(NC(=O)NC3CC3)cc2)nc2c1SCCC2. The van der Waals surface area contributed by atoms with Crippen molar-refractivity contribution in [1.29, 1.82) is 0 Å². The molecule has 1 aromatic heterocycles. The van der Waals surface area contributed by atoms with E-state index in [0.717, 1.165) is 79.8 Å². The number of rotatable bonds is 4. The summed E-state index contributed by atoms with van der Waals surface area (Å²) in [6, 6.07) is 8.29. The van der Waals surface area contributed by atoms with E-state index in [1.54, 1.807) is 0 Å². The fourth-order valence-electron chi connectivity index (χ4n) is 3.86. The number of nitrogens with zero attached hydrogens (tertiary/aromatic N) is 3. The molecule has 7 nitrogen and oxygen atoms in total. The number of carbonyl (C=O) groups excluding carboxylic acids is 1. The normalized spacial score (nSPS) is 21.1. The molecule has 5 rings (SSSR count). The van der Waals surface area contributed by atoms with Gasteiger partial charge in [-0.15, -0.1) is 11.8 Å². The molecule has 2 amide bonds. The van der Waals surface area contributed by atoms with E-state index in [-0.39, 0.29) is 6.03 Å². The van der Waals surface area contributed by atoms with E-state index in [2.05, 4.69) is 22.5 Å². The van der Waals surface area contributed by atoms with Crippen LogP contribution in [0.5, 0.6) is 0 Å². The van der Waals surface area contributed by atoms with Gasteiger partial charge in [-0.1, -0.05) is 0 Å². The summed E-state index contributed by atoms with van der Waals surface area (Å²) >= 11 is 1.87. The summed E-state index contributed by atoms with van der Waals surface area (Å²) in [5.74, 6) is 2.91. The van der Waals surface area contributed by atoms with Crippen LogP contribution in [0.3, 0.4) is 0 Å². The Kier molecular flexibility index (Phi) is 5.52. The molecule has 1 aliphatic carbocycles. The highest BCUT2D eigenvalue weighted by molar-refractivity contribution is 7.99. The number of thioether (sulfide) groups is 1. The van der Waals surface area contributed by atoms with Crippen LogP contribution in [-0.2, 0) is 11.2 Å². The van der Waals surface area contributed by atoms with Crippen molar-refractivity contribution in [3.05, 3.63) is 30.0 Å². The number of anilines is 2. The van der Waals surface area contributed by atoms with Gasteiger partial charge in [0.15, 0.2) is 5.82 Å². The highest BCUT2D eigenvalue weighted by atomic mass is 32.2. The lowest BCUT2D eigenvalue weighted by Crippen LogP contribution is -2.44. The van der Waals surface area contributed by atoms with Gasteiger partial charge in [-0.2, -0.15) is 0 Å². The average molecular weight is 426 g/mol. The molecule has 3 aliphatic rings. The summed E-state index contributed by atoms with van der Waals surface area (Å²) in [5.41, 5.74) is 2.88. The van der Waals surface area contributed by atoms with E-state index in [1.165, 1.54) is 4.90 Å². The lowest BCUT2D eigenvalue weighted by Gasteiger charge is -2.36. The van der Waals surface area contributed by atoms with Crippen LogP contribution in [0.25, 0.3) is 11.4 Å². The second-order valence-corrected chi connectivity index (χ2v) is 9.27. The van der Waals surface area contributed by atoms with Crippen molar-refractivity contribution >= 4 is 29.3 Å². The molecule has 1 saturated heterocycles. The fraction of sp³-hybridized carbons (Fsp3) is 0.500. The van der Waals surface area contributed by atoms with Gasteiger partial charge in [-0.3, -0.25) is 0 Å². The van der Waals surface area contributed by atoms with Gasteiger partial charge >= 0.3 is 6.03 Å². The maximum absolute atomic E-state index is 12.0. The first-order valence-electron chi connectivity index (χ1n) is 10.7. The molecule has 0 bridgehead atoms. The van der Waals surface area contributed by atoms with Gasteiger partial charge in [0.25, 0.3) is 0 Å². The van der Waals surface area contributed by atoms with E-state index in [0.29, 0.717) is 12.1 Å². The Morgan fingerprint density at radius 3 is 2.83 bits per heavy atom. The van der Waals surface area contributed by atoms with E-state index < -0.39 is 0 Å². The first-order chi connectivity index (χ1) is 14.7. The van der Waals surface area contributed by atoms with Gasteiger partial charge in [-0.25, -0.2) is 14.8 Å².